The van der Waals surface area contributed by atoms with Gasteiger partial charge < -0.3 is 14.9 Å². The van der Waals surface area contributed by atoms with E-state index in [1.165, 1.54) is 0 Å². The van der Waals surface area contributed by atoms with Crippen molar-refractivity contribution in [1.29, 1.82) is 0 Å². The van der Waals surface area contributed by atoms with Crippen LogP contribution in [0.3, 0.4) is 0 Å². The Hall–Kier alpha value is -1.39. The minimum Gasteiger partial charge on any atom is -0.396 e. The monoisotopic (exact) mass is 276 g/mol. The molecule has 1 fully saturated rings. The Morgan fingerprint density at radius 1 is 1.45 bits per heavy atom. The third-order valence-corrected chi connectivity index (χ3v) is 4.14. The molecule has 0 spiro atoms. The van der Waals surface area contributed by atoms with Crippen molar-refractivity contribution in [2.24, 2.45) is 5.92 Å². The van der Waals surface area contributed by atoms with E-state index >= 15 is 0 Å². The molecule has 0 bridgehead atoms. The highest BCUT2D eigenvalue weighted by Gasteiger charge is 2.32. The number of carbonyl (C=O) groups is 1. The summed E-state index contributed by atoms with van der Waals surface area (Å²) in [5, 5.41) is 9.56. The number of amides is 1. The van der Waals surface area contributed by atoms with Crippen LogP contribution >= 0.6 is 0 Å². The summed E-state index contributed by atoms with van der Waals surface area (Å²) in [5.41, 5.74) is 1.84. The van der Waals surface area contributed by atoms with Gasteiger partial charge in [0, 0.05) is 37.2 Å². The maximum absolute atomic E-state index is 12.5. The number of hydrogen-bond acceptors (Lipinski definition) is 3. The van der Waals surface area contributed by atoms with Crippen molar-refractivity contribution < 1.29 is 9.90 Å². The number of rotatable bonds is 3. The number of benzene rings is 1. The summed E-state index contributed by atoms with van der Waals surface area (Å²) in [6.45, 7) is 3.50. The number of piperidine rings is 1. The first-order valence-corrected chi connectivity index (χ1v) is 7.16. The van der Waals surface area contributed by atoms with Crippen molar-refractivity contribution in [3.8, 4) is 0 Å². The van der Waals surface area contributed by atoms with Crippen molar-refractivity contribution >= 4 is 5.91 Å². The smallest absolute Gasteiger partial charge is 0.253 e. The van der Waals surface area contributed by atoms with E-state index in [1.54, 1.807) is 0 Å². The summed E-state index contributed by atoms with van der Waals surface area (Å²) >= 11 is 0. The molecule has 4 nitrogen and oxygen atoms in total. The van der Waals surface area contributed by atoms with Gasteiger partial charge in [-0.2, -0.15) is 0 Å². The molecule has 1 aliphatic heterocycles. The molecule has 1 saturated heterocycles. The first kappa shape index (κ1) is 15.0. The van der Waals surface area contributed by atoms with Gasteiger partial charge in [-0.05, 0) is 39.6 Å². The SMILES string of the molecule is Cc1cccc(C(=O)N2CC[C@@H](N(C)C)[C@@H](CO)C2)c1. The second-order valence-electron chi connectivity index (χ2n) is 5.88. The predicted octanol–water partition coefficient (Wildman–Crippen LogP) is 1.38. The van der Waals surface area contributed by atoms with E-state index in [-0.39, 0.29) is 18.4 Å². The number of aliphatic hydroxyl groups is 1. The lowest BCUT2D eigenvalue weighted by molar-refractivity contribution is 0.0378. The van der Waals surface area contributed by atoms with Crippen LogP contribution < -0.4 is 0 Å². The van der Waals surface area contributed by atoms with Crippen LogP contribution in [-0.2, 0) is 0 Å². The van der Waals surface area contributed by atoms with Gasteiger partial charge >= 0.3 is 0 Å². The summed E-state index contributed by atoms with van der Waals surface area (Å²) in [4.78, 5) is 16.5. The van der Waals surface area contributed by atoms with Crippen LogP contribution in [-0.4, -0.2) is 60.6 Å². The van der Waals surface area contributed by atoms with Gasteiger partial charge in [0.05, 0.1) is 0 Å². The van der Waals surface area contributed by atoms with Crippen LogP contribution in [0.5, 0.6) is 0 Å². The fraction of sp³-hybridized carbons (Fsp3) is 0.562. The summed E-state index contributed by atoms with van der Waals surface area (Å²) in [7, 11) is 4.07. The van der Waals surface area contributed by atoms with E-state index in [9.17, 15) is 9.90 Å². The average Bonchev–Trinajstić information content (AvgIpc) is 2.45. The lowest BCUT2D eigenvalue weighted by Gasteiger charge is -2.40. The number of carbonyl (C=O) groups excluding carboxylic acids is 1. The molecule has 0 unspecified atom stereocenters. The van der Waals surface area contributed by atoms with Gasteiger partial charge in [-0.25, -0.2) is 0 Å². The molecule has 1 aliphatic rings. The Morgan fingerprint density at radius 3 is 2.80 bits per heavy atom. The van der Waals surface area contributed by atoms with E-state index in [2.05, 4.69) is 4.90 Å². The Kier molecular flexibility index (Phi) is 4.78. The van der Waals surface area contributed by atoms with Crippen molar-refractivity contribution in [2.75, 3.05) is 33.8 Å². The number of likely N-dealkylation sites (tertiary alicyclic amines) is 1. The van der Waals surface area contributed by atoms with Crippen LogP contribution in [0.4, 0.5) is 0 Å². The molecule has 0 saturated carbocycles. The highest BCUT2D eigenvalue weighted by atomic mass is 16.3. The topological polar surface area (TPSA) is 43.8 Å². The Labute approximate surface area is 121 Å². The molecule has 1 amide bonds. The molecule has 1 aromatic rings. The molecule has 1 heterocycles. The molecule has 2 rings (SSSR count). The lowest BCUT2D eigenvalue weighted by Crippen LogP contribution is -2.51. The summed E-state index contributed by atoms with van der Waals surface area (Å²) in [6, 6.07) is 8.04. The lowest BCUT2D eigenvalue weighted by atomic mass is 9.91. The molecule has 110 valence electrons. The zero-order valence-electron chi connectivity index (χ0n) is 12.5. The minimum atomic E-state index is 0.0735. The van der Waals surface area contributed by atoms with Crippen LogP contribution in [0.15, 0.2) is 24.3 Å². The summed E-state index contributed by atoms with van der Waals surface area (Å²) < 4.78 is 0. The third-order valence-electron chi connectivity index (χ3n) is 4.14. The van der Waals surface area contributed by atoms with Gasteiger partial charge in [-0.15, -0.1) is 0 Å². The van der Waals surface area contributed by atoms with Crippen molar-refractivity contribution in [2.45, 2.75) is 19.4 Å². The van der Waals surface area contributed by atoms with Crippen LogP contribution in [0, 0.1) is 12.8 Å². The number of aryl methyl sites for hydroxylation is 1. The minimum absolute atomic E-state index is 0.0735. The van der Waals surface area contributed by atoms with Crippen LogP contribution in [0.1, 0.15) is 22.3 Å². The Bertz CT molecular complexity index is 473. The molecule has 0 aliphatic carbocycles. The normalized spacial score (nSPS) is 23.1. The van der Waals surface area contributed by atoms with E-state index in [4.69, 9.17) is 0 Å². The number of nitrogens with zero attached hydrogens (tertiary/aromatic N) is 2. The third kappa shape index (κ3) is 3.19. The Balaban J connectivity index is 2.09. The highest BCUT2D eigenvalue weighted by Crippen LogP contribution is 2.22. The van der Waals surface area contributed by atoms with E-state index in [1.807, 2.05) is 50.2 Å². The van der Waals surface area contributed by atoms with Gasteiger partial charge in [0.1, 0.15) is 0 Å². The second kappa shape index (κ2) is 6.37. The molecule has 20 heavy (non-hydrogen) atoms. The summed E-state index contributed by atoms with van der Waals surface area (Å²) in [6.07, 6.45) is 0.912. The molecule has 1 aromatic carbocycles. The molecular weight excluding hydrogens is 252 g/mol. The second-order valence-corrected chi connectivity index (χ2v) is 5.88. The zero-order valence-corrected chi connectivity index (χ0v) is 12.5. The predicted molar refractivity (Wildman–Crippen MR) is 79.8 cm³/mol. The molecule has 2 atom stereocenters. The number of hydrogen-bond donors (Lipinski definition) is 1. The van der Waals surface area contributed by atoms with E-state index in [0.29, 0.717) is 12.6 Å². The summed E-state index contributed by atoms with van der Waals surface area (Å²) in [5.74, 6) is 0.205. The average molecular weight is 276 g/mol. The largest absolute Gasteiger partial charge is 0.396 e. The zero-order chi connectivity index (χ0) is 14.7. The molecule has 0 radical (unpaired) electrons. The van der Waals surface area contributed by atoms with Crippen molar-refractivity contribution in [3.63, 3.8) is 0 Å². The van der Waals surface area contributed by atoms with Gasteiger partial charge in [-0.3, -0.25) is 4.79 Å². The standard InChI is InChI=1S/C16H24N2O2/c1-12-5-4-6-13(9-12)16(20)18-8-7-15(17(2)3)14(10-18)11-19/h4-6,9,14-15,19H,7-8,10-11H2,1-3H3/t14-,15-/m1/s1. The molecule has 1 N–H and O–H groups in total. The van der Waals surface area contributed by atoms with Gasteiger partial charge in [0.2, 0.25) is 0 Å². The quantitative estimate of drug-likeness (QED) is 0.907. The van der Waals surface area contributed by atoms with Crippen LogP contribution in [0.2, 0.25) is 0 Å². The van der Waals surface area contributed by atoms with E-state index < -0.39 is 0 Å². The molecule has 0 aromatic heterocycles. The van der Waals surface area contributed by atoms with Gasteiger partial charge in [-0.1, -0.05) is 17.7 Å². The fourth-order valence-corrected chi connectivity index (χ4v) is 3.02. The fourth-order valence-electron chi connectivity index (χ4n) is 3.02. The Morgan fingerprint density at radius 2 is 2.20 bits per heavy atom. The van der Waals surface area contributed by atoms with Gasteiger partial charge in [0.15, 0.2) is 0 Å². The first-order valence-electron chi connectivity index (χ1n) is 7.16. The maximum atomic E-state index is 12.5. The highest BCUT2D eigenvalue weighted by molar-refractivity contribution is 5.94. The van der Waals surface area contributed by atoms with E-state index in [0.717, 1.165) is 24.1 Å². The number of aliphatic hydroxyl groups excluding tert-OH is 1. The molecule has 4 heteroatoms. The first-order chi connectivity index (χ1) is 9.52. The van der Waals surface area contributed by atoms with Crippen molar-refractivity contribution in [3.05, 3.63) is 35.4 Å². The molecular formula is C16H24N2O2. The van der Waals surface area contributed by atoms with Gasteiger partial charge in [0.25, 0.3) is 5.91 Å². The van der Waals surface area contributed by atoms with Crippen molar-refractivity contribution in [1.82, 2.24) is 9.80 Å². The van der Waals surface area contributed by atoms with Crippen LogP contribution in [0.25, 0.3) is 0 Å². The maximum Gasteiger partial charge on any atom is 0.253 e.